The molecule has 2 aromatic rings. The van der Waals surface area contributed by atoms with Crippen molar-refractivity contribution < 1.29 is 14.6 Å². The largest absolute Gasteiger partial charge is 0.545 e. The van der Waals surface area contributed by atoms with Gasteiger partial charge in [0.15, 0.2) is 0 Å². The molecule has 0 heterocycles. The first-order valence-corrected chi connectivity index (χ1v) is 5.62. The smallest absolute Gasteiger partial charge is 0.119 e. The van der Waals surface area contributed by atoms with Gasteiger partial charge in [-0.1, -0.05) is 24.3 Å². The summed E-state index contributed by atoms with van der Waals surface area (Å²) in [6, 6.07) is 15.1. The summed E-state index contributed by atoms with van der Waals surface area (Å²) in [7, 11) is 0. The molecule has 0 N–H and O–H groups in total. The Balaban J connectivity index is 1.98. The standard InChI is InChI=1S/C15H11NO3/c16-9-11-3-7-14(8-4-11)19-10-12-1-5-13(6-2-12)15(17)18/h1-8H,10H2,(H,17,18)/p-1. The monoisotopic (exact) mass is 252 g/mol. The van der Waals surface area contributed by atoms with Crippen molar-refractivity contribution in [2.24, 2.45) is 0 Å². The Hall–Kier alpha value is -2.80. The highest BCUT2D eigenvalue weighted by molar-refractivity contribution is 5.85. The van der Waals surface area contributed by atoms with Gasteiger partial charge in [0.2, 0.25) is 0 Å². The van der Waals surface area contributed by atoms with Crippen molar-refractivity contribution in [1.82, 2.24) is 0 Å². The molecule has 4 heteroatoms. The zero-order valence-corrected chi connectivity index (χ0v) is 10.00. The third-order valence-electron chi connectivity index (χ3n) is 2.58. The average Bonchev–Trinajstić information content (AvgIpc) is 2.46. The van der Waals surface area contributed by atoms with Crippen LogP contribution in [-0.4, -0.2) is 5.97 Å². The minimum atomic E-state index is -1.19. The molecule has 0 aliphatic rings. The van der Waals surface area contributed by atoms with Crippen LogP contribution in [0, 0.1) is 11.3 Å². The summed E-state index contributed by atoms with van der Waals surface area (Å²) in [6.45, 7) is 0.333. The predicted octanol–water partition coefficient (Wildman–Crippen LogP) is 1.50. The van der Waals surface area contributed by atoms with E-state index in [1.54, 1.807) is 36.4 Å². The fourth-order valence-electron chi connectivity index (χ4n) is 1.53. The Morgan fingerprint density at radius 3 is 2.26 bits per heavy atom. The zero-order valence-electron chi connectivity index (χ0n) is 10.00. The Kier molecular flexibility index (Phi) is 3.79. The SMILES string of the molecule is N#Cc1ccc(OCc2ccc(C(=O)[O-])cc2)cc1. The third-order valence-corrected chi connectivity index (χ3v) is 2.58. The second-order valence-electron chi connectivity index (χ2n) is 3.91. The molecule has 2 aromatic carbocycles. The van der Waals surface area contributed by atoms with Crippen LogP contribution >= 0.6 is 0 Å². The quantitative estimate of drug-likeness (QED) is 0.826. The second kappa shape index (κ2) is 5.69. The van der Waals surface area contributed by atoms with Gasteiger partial charge in [0.1, 0.15) is 12.4 Å². The van der Waals surface area contributed by atoms with Gasteiger partial charge in [0.05, 0.1) is 17.6 Å². The average molecular weight is 252 g/mol. The van der Waals surface area contributed by atoms with Gasteiger partial charge in [-0.2, -0.15) is 5.26 Å². The van der Waals surface area contributed by atoms with Gasteiger partial charge < -0.3 is 14.6 Å². The molecule has 0 aliphatic heterocycles. The maximum Gasteiger partial charge on any atom is 0.119 e. The Morgan fingerprint density at radius 2 is 1.74 bits per heavy atom. The summed E-state index contributed by atoms with van der Waals surface area (Å²) in [5.41, 5.74) is 1.57. The first-order valence-electron chi connectivity index (χ1n) is 5.62. The Morgan fingerprint density at radius 1 is 1.11 bits per heavy atom. The lowest BCUT2D eigenvalue weighted by molar-refractivity contribution is -0.255. The number of rotatable bonds is 4. The van der Waals surface area contributed by atoms with E-state index in [-0.39, 0.29) is 5.56 Å². The molecule has 0 aromatic heterocycles. The van der Waals surface area contributed by atoms with Gasteiger partial charge in [0, 0.05) is 0 Å². The van der Waals surface area contributed by atoms with Crippen molar-refractivity contribution in [3.8, 4) is 11.8 Å². The lowest BCUT2D eigenvalue weighted by Crippen LogP contribution is -2.22. The van der Waals surface area contributed by atoms with Gasteiger partial charge in [-0.05, 0) is 35.4 Å². The molecule has 94 valence electrons. The summed E-state index contributed by atoms with van der Waals surface area (Å²) in [4.78, 5) is 10.6. The molecule has 4 nitrogen and oxygen atoms in total. The van der Waals surface area contributed by atoms with Crippen LogP contribution in [0.5, 0.6) is 5.75 Å². The fraction of sp³-hybridized carbons (Fsp3) is 0.0667. The lowest BCUT2D eigenvalue weighted by Gasteiger charge is -2.07. The van der Waals surface area contributed by atoms with Gasteiger partial charge >= 0.3 is 0 Å². The lowest BCUT2D eigenvalue weighted by atomic mass is 10.1. The van der Waals surface area contributed by atoms with E-state index < -0.39 is 5.97 Å². The molecule has 0 aliphatic carbocycles. The van der Waals surface area contributed by atoms with E-state index in [0.29, 0.717) is 17.9 Å². The number of carboxylic acid groups (broad SMARTS) is 1. The first-order chi connectivity index (χ1) is 9.19. The zero-order chi connectivity index (χ0) is 13.7. The van der Waals surface area contributed by atoms with Crippen molar-refractivity contribution in [3.63, 3.8) is 0 Å². The predicted molar refractivity (Wildman–Crippen MR) is 66.3 cm³/mol. The molecular weight excluding hydrogens is 242 g/mol. The molecule has 0 amide bonds. The van der Waals surface area contributed by atoms with Crippen LogP contribution < -0.4 is 9.84 Å². The Bertz CT molecular complexity index is 609. The van der Waals surface area contributed by atoms with Gasteiger partial charge in [-0.3, -0.25) is 0 Å². The number of carboxylic acids is 1. The molecule has 0 unspecified atom stereocenters. The van der Waals surface area contributed by atoms with Gasteiger partial charge in [-0.15, -0.1) is 0 Å². The van der Waals surface area contributed by atoms with Crippen molar-refractivity contribution in [1.29, 1.82) is 5.26 Å². The topological polar surface area (TPSA) is 73.1 Å². The first kappa shape index (κ1) is 12.7. The van der Waals surface area contributed by atoms with Gasteiger partial charge in [-0.25, -0.2) is 0 Å². The molecule has 0 atom stereocenters. The summed E-state index contributed by atoms with van der Waals surface area (Å²) < 4.78 is 5.52. The van der Waals surface area contributed by atoms with E-state index in [4.69, 9.17) is 10.00 Å². The van der Waals surface area contributed by atoms with Crippen molar-refractivity contribution in [2.75, 3.05) is 0 Å². The van der Waals surface area contributed by atoms with Crippen molar-refractivity contribution in [2.45, 2.75) is 6.61 Å². The number of carbonyl (C=O) groups is 1. The number of ether oxygens (including phenoxy) is 1. The number of nitriles is 1. The molecule has 0 saturated carbocycles. The number of nitrogens with zero attached hydrogens (tertiary/aromatic N) is 1. The molecule has 2 rings (SSSR count). The summed E-state index contributed by atoms with van der Waals surface area (Å²) >= 11 is 0. The van der Waals surface area contributed by atoms with Crippen molar-refractivity contribution in [3.05, 3.63) is 65.2 Å². The van der Waals surface area contributed by atoms with Crippen LogP contribution in [0.3, 0.4) is 0 Å². The molecule has 0 radical (unpaired) electrons. The number of aromatic carboxylic acids is 1. The maximum atomic E-state index is 10.6. The highest BCUT2D eigenvalue weighted by atomic mass is 16.5. The highest BCUT2D eigenvalue weighted by Crippen LogP contribution is 2.14. The number of hydrogen-bond donors (Lipinski definition) is 0. The second-order valence-corrected chi connectivity index (χ2v) is 3.91. The molecular formula is C15H10NO3-. The molecule has 0 spiro atoms. The molecule has 19 heavy (non-hydrogen) atoms. The van der Waals surface area contributed by atoms with Crippen LogP contribution in [0.2, 0.25) is 0 Å². The van der Waals surface area contributed by atoms with Crippen LogP contribution in [0.4, 0.5) is 0 Å². The van der Waals surface area contributed by atoms with Crippen molar-refractivity contribution >= 4 is 5.97 Å². The summed E-state index contributed by atoms with van der Waals surface area (Å²) in [5.74, 6) is -0.539. The Labute approximate surface area is 110 Å². The number of carbonyl (C=O) groups excluding carboxylic acids is 1. The van der Waals surface area contributed by atoms with E-state index in [1.807, 2.05) is 6.07 Å². The summed E-state index contributed by atoms with van der Waals surface area (Å²) in [6.07, 6.45) is 0. The number of benzene rings is 2. The minimum absolute atomic E-state index is 0.141. The van der Waals surface area contributed by atoms with Crippen LogP contribution in [0.1, 0.15) is 21.5 Å². The molecule has 0 fully saturated rings. The number of hydrogen-bond acceptors (Lipinski definition) is 4. The van der Waals surface area contributed by atoms with E-state index in [9.17, 15) is 9.90 Å². The third kappa shape index (κ3) is 3.33. The van der Waals surface area contributed by atoms with Crippen LogP contribution in [0.25, 0.3) is 0 Å². The molecule has 0 saturated heterocycles. The highest BCUT2D eigenvalue weighted by Gasteiger charge is 1.98. The molecule has 0 bridgehead atoms. The van der Waals surface area contributed by atoms with Crippen LogP contribution in [-0.2, 0) is 6.61 Å². The minimum Gasteiger partial charge on any atom is -0.545 e. The normalized spacial score (nSPS) is 9.63. The van der Waals surface area contributed by atoms with E-state index in [1.165, 1.54) is 12.1 Å². The van der Waals surface area contributed by atoms with Gasteiger partial charge in [0.25, 0.3) is 0 Å². The maximum absolute atomic E-state index is 10.6. The van der Waals surface area contributed by atoms with Crippen LogP contribution in [0.15, 0.2) is 48.5 Å². The van der Waals surface area contributed by atoms with E-state index >= 15 is 0 Å². The van der Waals surface area contributed by atoms with E-state index in [0.717, 1.165) is 5.56 Å². The summed E-state index contributed by atoms with van der Waals surface area (Å²) in [5, 5.41) is 19.2. The van der Waals surface area contributed by atoms with E-state index in [2.05, 4.69) is 0 Å². The fourth-order valence-corrected chi connectivity index (χ4v) is 1.53.